The molecule has 0 aromatic heterocycles. The number of nitrogens with zero attached hydrogens (tertiary/aromatic N) is 1. The average molecular weight is 491 g/mol. The number of rotatable bonds is 9. The van der Waals surface area contributed by atoms with Gasteiger partial charge in [-0.3, -0.25) is 5.43 Å². The SMILES string of the molecule is CC(C)(C)c1ccc(S(=O)(=O)NNC(=O)N(CCCC(F)(F)F)CCCC(F)(F)F)cc1. The van der Waals surface area contributed by atoms with Crippen molar-refractivity contribution in [2.75, 3.05) is 13.1 Å². The predicted molar refractivity (Wildman–Crippen MR) is 106 cm³/mol. The fourth-order valence-corrected chi connectivity index (χ4v) is 3.47. The van der Waals surface area contributed by atoms with Crippen LogP contribution in [0, 0.1) is 0 Å². The molecule has 1 aromatic carbocycles. The van der Waals surface area contributed by atoms with Crippen molar-refractivity contribution in [2.24, 2.45) is 0 Å². The van der Waals surface area contributed by atoms with E-state index >= 15 is 0 Å². The van der Waals surface area contributed by atoms with Gasteiger partial charge in [0.25, 0.3) is 10.0 Å². The van der Waals surface area contributed by atoms with Crippen LogP contribution >= 0.6 is 0 Å². The topological polar surface area (TPSA) is 78.5 Å². The highest BCUT2D eigenvalue weighted by Crippen LogP contribution is 2.24. The van der Waals surface area contributed by atoms with Gasteiger partial charge < -0.3 is 4.90 Å². The van der Waals surface area contributed by atoms with E-state index in [1.807, 2.05) is 31.0 Å². The fraction of sp³-hybridized carbons (Fsp3) is 0.632. The summed E-state index contributed by atoms with van der Waals surface area (Å²) in [5.41, 5.74) is 2.49. The Balaban J connectivity index is 2.79. The predicted octanol–water partition coefficient (Wildman–Crippen LogP) is 4.87. The molecule has 13 heteroatoms. The van der Waals surface area contributed by atoms with Crippen molar-refractivity contribution in [2.45, 2.75) is 69.1 Å². The minimum absolute atomic E-state index is 0.175. The molecule has 0 atom stereocenters. The second-order valence-corrected chi connectivity index (χ2v) is 9.92. The molecule has 0 unspecified atom stereocenters. The maximum atomic E-state index is 12.4. The Hall–Kier alpha value is -2.02. The first-order valence-corrected chi connectivity index (χ1v) is 11.2. The molecule has 0 aliphatic carbocycles. The lowest BCUT2D eigenvalue weighted by molar-refractivity contribution is -0.136. The van der Waals surface area contributed by atoms with Crippen LogP contribution in [0.5, 0.6) is 0 Å². The van der Waals surface area contributed by atoms with Crippen LogP contribution in [-0.2, 0) is 15.4 Å². The number of benzene rings is 1. The molecule has 6 nitrogen and oxygen atoms in total. The summed E-state index contributed by atoms with van der Waals surface area (Å²) in [5, 5.41) is 0. The zero-order valence-corrected chi connectivity index (χ0v) is 18.7. The van der Waals surface area contributed by atoms with E-state index in [0.29, 0.717) is 4.90 Å². The summed E-state index contributed by atoms with van der Waals surface area (Å²) in [6.07, 6.45) is -12.5. The molecular weight excluding hydrogens is 464 g/mol. The molecule has 2 N–H and O–H groups in total. The summed E-state index contributed by atoms with van der Waals surface area (Å²) in [6.45, 7) is 4.81. The number of hydrogen-bond acceptors (Lipinski definition) is 3. The summed E-state index contributed by atoms with van der Waals surface area (Å²) in [4.78, 5) is 14.6. The third-order valence-corrected chi connectivity index (χ3v) is 5.65. The van der Waals surface area contributed by atoms with Crippen LogP contribution in [0.15, 0.2) is 29.2 Å². The summed E-state index contributed by atoms with van der Waals surface area (Å²) >= 11 is 0. The lowest BCUT2D eigenvalue weighted by Crippen LogP contribution is -2.49. The van der Waals surface area contributed by atoms with Crippen molar-refractivity contribution < 1.29 is 39.6 Å². The van der Waals surface area contributed by atoms with E-state index < -0.39 is 67.2 Å². The van der Waals surface area contributed by atoms with Crippen molar-refractivity contribution in [3.63, 3.8) is 0 Å². The molecule has 32 heavy (non-hydrogen) atoms. The van der Waals surface area contributed by atoms with E-state index in [1.54, 1.807) is 12.1 Å². The molecular formula is C19H27F6N3O3S. The number of hydrogen-bond donors (Lipinski definition) is 2. The Morgan fingerprint density at radius 1 is 0.875 bits per heavy atom. The van der Waals surface area contributed by atoms with E-state index in [2.05, 4.69) is 0 Å². The van der Waals surface area contributed by atoms with E-state index in [4.69, 9.17) is 0 Å². The van der Waals surface area contributed by atoms with Gasteiger partial charge in [0.1, 0.15) is 0 Å². The highest BCUT2D eigenvalue weighted by Gasteiger charge is 2.29. The van der Waals surface area contributed by atoms with Gasteiger partial charge in [-0.1, -0.05) is 32.9 Å². The Bertz CT molecular complexity index is 827. The number of carbonyl (C=O) groups is 1. The number of hydrazine groups is 1. The quantitative estimate of drug-likeness (QED) is 0.382. The highest BCUT2D eigenvalue weighted by atomic mass is 32.2. The van der Waals surface area contributed by atoms with Crippen LogP contribution in [0.4, 0.5) is 31.1 Å². The molecule has 0 radical (unpaired) electrons. The number of halogens is 6. The molecule has 1 rings (SSSR count). The molecule has 0 heterocycles. The maximum absolute atomic E-state index is 12.4. The van der Waals surface area contributed by atoms with Crippen LogP contribution in [0.25, 0.3) is 0 Å². The van der Waals surface area contributed by atoms with Crippen molar-refractivity contribution in [1.29, 1.82) is 0 Å². The molecule has 1 aromatic rings. The first-order valence-electron chi connectivity index (χ1n) is 9.71. The molecule has 0 spiro atoms. The van der Waals surface area contributed by atoms with Gasteiger partial charge in [-0.05, 0) is 36.0 Å². The summed E-state index contributed by atoms with van der Waals surface area (Å²) in [5.74, 6) is 0. The van der Waals surface area contributed by atoms with Gasteiger partial charge in [-0.25, -0.2) is 13.2 Å². The second-order valence-electron chi connectivity index (χ2n) is 8.23. The first-order chi connectivity index (χ1) is 14.4. The smallest absolute Gasteiger partial charge is 0.324 e. The number of amides is 2. The molecule has 0 fully saturated rings. The molecule has 0 saturated heterocycles. The largest absolute Gasteiger partial charge is 0.389 e. The fourth-order valence-electron chi connectivity index (χ4n) is 2.64. The zero-order valence-electron chi connectivity index (χ0n) is 17.9. The van der Waals surface area contributed by atoms with Crippen molar-refractivity contribution in [3.05, 3.63) is 29.8 Å². The maximum Gasteiger partial charge on any atom is 0.389 e. The minimum Gasteiger partial charge on any atom is -0.324 e. The lowest BCUT2D eigenvalue weighted by Gasteiger charge is -2.24. The molecule has 0 saturated carbocycles. The van der Waals surface area contributed by atoms with Gasteiger partial charge in [0.2, 0.25) is 0 Å². The summed E-state index contributed by atoms with van der Waals surface area (Å²) < 4.78 is 98.8. The Morgan fingerprint density at radius 3 is 1.69 bits per heavy atom. The second kappa shape index (κ2) is 10.7. The Labute approximate surface area is 183 Å². The van der Waals surface area contributed by atoms with Crippen molar-refractivity contribution in [1.82, 2.24) is 15.2 Å². The molecule has 2 amide bonds. The monoisotopic (exact) mass is 491 g/mol. The zero-order chi connectivity index (χ0) is 24.8. The molecule has 0 aliphatic rings. The molecule has 184 valence electrons. The third kappa shape index (κ3) is 10.5. The van der Waals surface area contributed by atoms with Crippen LogP contribution < -0.4 is 10.3 Å². The number of nitrogens with one attached hydrogen (secondary N) is 2. The summed E-state index contributed by atoms with van der Waals surface area (Å²) in [7, 11) is -4.21. The number of alkyl halides is 6. The Morgan fingerprint density at radius 2 is 1.31 bits per heavy atom. The van der Waals surface area contributed by atoms with E-state index in [0.717, 1.165) is 5.56 Å². The third-order valence-electron chi connectivity index (χ3n) is 4.39. The van der Waals surface area contributed by atoms with Crippen LogP contribution in [0.3, 0.4) is 0 Å². The number of carbonyl (C=O) groups excluding carboxylic acids is 1. The van der Waals surface area contributed by atoms with Crippen LogP contribution in [0.2, 0.25) is 0 Å². The van der Waals surface area contributed by atoms with Crippen LogP contribution in [0.1, 0.15) is 52.0 Å². The van der Waals surface area contributed by atoms with Crippen molar-refractivity contribution in [3.8, 4) is 0 Å². The van der Waals surface area contributed by atoms with Crippen molar-refractivity contribution >= 4 is 16.1 Å². The van der Waals surface area contributed by atoms with Gasteiger partial charge >= 0.3 is 18.4 Å². The standard InChI is InChI=1S/C19H27F6N3O3S/c1-17(2,3)14-6-8-15(9-7-14)32(30,31)27-26-16(29)28(12-4-10-18(20,21)22)13-5-11-19(23,24)25/h6-9,27H,4-5,10-13H2,1-3H3,(H,26,29). The van der Waals surface area contributed by atoms with Gasteiger partial charge in [0.05, 0.1) is 4.90 Å². The molecule has 0 aliphatic heterocycles. The van der Waals surface area contributed by atoms with E-state index in [9.17, 15) is 39.6 Å². The highest BCUT2D eigenvalue weighted by molar-refractivity contribution is 7.89. The normalized spacial score (nSPS) is 13.2. The van der Waals surface area contributed by atoms with Gasteiger partial charge in [0.15, 0.2) is 0 Å². The lowest BCUT2D eigenvalue weighted by atomic mass is 9.87. The first kappa shape index (κ1) is 28.0. The summed E-state index contributed by atoms with van der Waals surface area (Å²) in [6, 6.07) is 4.68. The van der Waals surface area contributed by atoms with E-state index in [1.165, 1.54) is 12.1 Å². The van der Waals surface area contributed by atoms with Gasteiger partial charge in [0, 0.05) is 25.9 Å². The average Bonchev–Trinajstić information content (AvgIpc) is 2.62. The van der Waals surface area contributed by atoms with Gasteiger partial charge in [-0.15, -0.1) is 4.83 Å². The number of urea groups is 1. The van der Waals surface area contributed by atoms with E-state index in [-0.39, 0.29) is 10.3 Å². The number of sulfonamides is 1. The minimum atomic E-state index is -4.49. The Kier molecular flexibility index (Phi) is 9.39. The molecule has 0 bridgehead atoms. The van der Waals surface area contributed by atoms with Crippen LogP contribution in [-0.4, -0.2) is 44.8 Å². The van der Waals surface area contributed by atoms with Gasteiger partial charge in [-0.2, -0.15) is 26.3 Å².